The Bertz CT molecular complexity index is 1270. The Balaban J connectivity index is 1.59. The van der Waals surface area contributed by atoms with E-state index in [-0.39, 0.29) is 30.5 Å². The molecule has 4 rings (SSSR count). The fraction of sp³-hybridized carbons (Fsp3) is 0.200. The van der Waals surface area contributed by atoms with E-state index in [1.165, 1.54) is 44.6 Å². The van der Waals surface area contributed by atoms with Crippen molar-refractivity contribution in [2.24, 2.45) is 4.99 Å². The van der Waals surface area contributed by atoms with Gasteiger partial charge in [-0.1, -0.05) is 12.1 Å². The number of aliphatic imine (C=N–C) groups is 1. The molecule has 1 N–H and O–H groups in total. The van der Waals surface area contributed by atoms with Gasteiger partial charge in [-0.15, -0.1) is 0 Å². The zero-order valence-electron chi connectivity index (χ0n) is 19.4. The molecule has 0 spiro atoms. The first-order valence-corrected chi connectivity index (χ1v) is 10.6. The number of fused-ring (bicyclic) bond motifs is 1. The zero-order chi connectivity index (χ0) is 24.9. The summed E-state index contributed by atoms with van der Waals surface area (Å²) in [5.74, 6) is 0.171. The third-order valence-corrected chi connectivity index (χ3v) is 5.32. The maximum atomic E-state index is 13.4. The van der Waals surface area contributed by atoms with Gasteiger partial charge >= 0.3 is 0 Å². The number of benzene rings is 2. The van der Waals surface area contributed by atoms with Crippen LogP contribution in [0.25, 0.3) is 0 Å². The van der Waals surface area contributed by atoms with Gasteiger partial charge in [-0.05, 0) is 29.8 Å². The minimum Gasteiger partial charge on any atom is -0.493 e. The van der Waals surface area contributed by atoms with Crippen molar-refractivity contribution in [3.8, 4) is 17.2 Å². The van der Waals surface area contributed by atoms with Crippen molar-refractivity contribution in [1.29, 1.82) is 0 Å². The fourth-order valence-electron chi connectivity index (χ4n) is 3.69. The number of halogens is 1. The maximum absolute atomic E-state index is 13.4. The summed E-state index contributed by atoms with van der Waals surface area (Å²) in [7, 11) is 4.43. The lowest BCUT2D eigenvalue weighted by Gasteiger charge is -2.21. The molecule has 0 radical (unpaired) electrons. The lowest BCUT2D eigenvalue weighted by molar-refractivity contribution is -0.120. The van der Waals surface area contributed by atoms with Crippen LogP contribution in [0, 0.1) is 5.82 Å². The second kappa shape index (κ2) is 10.2. The molecule has 0 saturated carbocycles. The van der Waals surface area contributed by atoms with Gasteiger partial charge in [0.25, 0.3) is 0 Å². The Labute approximate surface area is 201 Å². The molecule has 2 amide bonds. The summed E-state index contributed by atoms with van der Waals surface area (Å²) in [6.45, 7) is -0.300. The summed E-state index contributed by atoms with van der Waals surface area (Å²) in [5.41, 5.74) is 1.89. The number of nitrogens with zero attached hydrogens (tertiary/aromatic N) is 3. The molecular formula is C25H23FN4O5. The van der Waals surface area contributed by atoms with Gasteiger partial charge in [-0.2, -0.15) is 0 Å². The molecule has 0 bridgehead atoms. The average molecular weight is 478 g/mol. The van der Waals surface area contributed by atoms with Gasteiger partial charge in [-0.25, -0.2) is 14.4 Å². The highest BCUT2D eigenvalue weighted by molar-refractivity contribution is 6.18. The van der Waals surface area contributed by atoms with Crippen LogP contribution in [0.15, 0.2) is 59.7 Å². The van der Waals surface area contributed by atoms with Gasteiger partial charge < -0.3 is 19.5 Å². The van der Waals surface area contributed by atoms with E-state index in [1.807, 2.05) is 0 Å². The SMILES string of the molecule is COc1cc(NC(=O)CN2C(=O)CC(c3ccc(F)cc3)=Nc3cccnc32)cc(OC)c1OC. The molecule has 0 aliphatic carbocycles. The molecular weight excluding hydrogens is 455 g/mol. The number of rotatable bonds is 7. The van der Waals surface area contributed by atoms with Crippen LogP contribution in [0.5, 0.6) is 17.2 Å². The number of aromatic nitrogens is 1. The topological polar surface area (TPSA) is 102 Å². The van der Waals surface area contributed by atoms with E-state index in [0.29, 0.717) is 39.9 Å². The standard InChI is InChI=1S/C25H23FN4O5/c1-33-20-11-17(12-21(34-2)24(20)35-3)28-22(31)14-30-23(32)13-19(15-6-8-16(26)9-7-15)29-18-5-4-10-27-25(18)30/h4-12H,13-14H2,1-3H3,(H,28,31). The Morgan fingerprint density at radius 1 is 1.06 bits per heavy atom. The molecule has 1 aromatic heterocycles. The molecule has 10 heteroatoms. The van der Waals surface area contributed by atoms with E-state index in [0.717, 1.165) is 0 Å². The fourth-order valence-corrected chi connectivity index (χ4v) is 3.69. The van der Waals surface area contributed by atoms with Crippen molar-refractivity contribution in [2.75, 3.05) is 38.1 Å². The van der Waals surface area contributed by atoms with Crippen LogP contribution in [-0.2, 0) is 9.59 Å². The summed E-state index contributed by atoms with van der Waals surface area (Å²) in [6, 6.07) is 12.3. The highest BCUT2D eigenvalue weighted by Crippen LogP contribution is 2.40. The highest BCUT2D eigenvalue weighted by Gasteiger charge is 2.28. The molecule has 35 heavy (non-hydrogen) atoms. The number of hydrogen-bond donors (Lipinski definition) is 1. The molecule has 0 unspecified atom stereocenters. The van der Waals surface area contributed by atoms with E-state index in [1.54, 1.807) is 36.4 Å². The van der Waals surface area contributed by atoms with Gasteiger partial charge in [0.15, 0.2) is 17.3 Å². The van der Waals surface area contributed by atoms with E-state index in [2.05, 4.69) is 15.3 Å². The molecule has 2 heterocycles. The highest BCUT2D eigenvalue weighted by atomic mass is 19.1. The number of methoxy groups -OCH3 is 3. The zero-order valence-corrected chi connectivity index (χ0v) is 19.4. The third-order valence-electron chi connectivity index (χ3n) is 5.32. The first-order chi connectivity index (χ1) is 16.9. The van der Waals surface area contributed by atoms with E-state index in [9.17, 15) is 14.0 Å². The Kier molecular flexibility index (Phi) is 6.91. The minimum atomic E-state index is -0.463. The van der Waals surface area contributed by atoms with Crippen LogP contribution >= 0.6 is 0 Å². The molecule has 1 aliphatic rings. The number of carbonyl (C=O) groups is 2. The normalized spacial score (nSPS) is 12.9. The number of ether oxygens (including phenoxy) is 3. The second-order valence-electron chi connectivity index (χ2n) is 7.53. The average Bonchev–Trinajstić information content (AvgIpc) is 3.00. The first kappa shape index (κ1) is 23.7. The van der Waals surface area contributed by atoms with Crippen molar-refractivity contribution in [3.05, 3.63) is 66.1 Å². The molecule has 2 aromatic carbocycles. The third kappa shape index (κ3) is 5.06. The van der Waals surface area contributed by atoms with Gasteiger partial charge in [0, 0.05) is 24.0 Å². The maximum Gasteiger partial charge on any atom is 0.244 e. The molecule has 0 saturated heterocycles. The van der Waals surface area contributed by atoms with Gasteiger partial charge in [-0.3, -0.25) is 14.5 Å². The summed E-state index contributed by atoms with van der Waals surface area (Å²) < 4.78 is 29.3. The van der Waals surface area contributed by atoms with Crippen LogP contribution in [0.2, 0.25) is 0 Å². The number of nitrogens with one attached hydrogen (secondary N) is 1. The van der Waals surface area contributed by atoms with Crippen LogP contribution in [0.1, 0.15) is 12.0 Å². The molecule has 0 atom stereocenters. The molecule has 3 aromatic rings. The van der Waals surface area contributed by atoms with Crippen molar-refractivity contribution in [3.63, 3.8) is 0 Å². The quantitative estimate of drug-likeness (QED) is 0.555. The minimum absolute atomic E-state index is 0.0839. The van der Waals surface area contributed by atoms with Crippen LogP contribution in [0.4, 0.5) is 21.6 Å². The van der Waals surface area contributed by atoms with Crippen molar-refractivity contribution >= 4 is 34.7 Å². The Morgan fingerprint density at radius 3 is 2.37 bits per heavy atom. The van der Waals surface area contributed by atoms with Gasteiger partial charge in [0.05, 0.1) is 33.5 Å². The lowest BCUT2D eigenvalue weighted by atomic mass is 10.1. The van der Waals surface area contributed by atoms with Crippen LogP contribution < -0.4 is 24.4 Å². The summed E-state index contributed by atoms with van der Waals surface area (Å²) in [6.07, 6.45) is 1.44. The largest absolute Gasteiger partial charge is 0.493 e. The monoisotopic (exact) mass is 478 g/mol. The number of pyridine rings is 1. The van der Waals surface area contributed by atoms with E-state index >= 15 is 0 Å². The van der Waals surface area contributed by atoms with Crippen molar-refractivity contribution in [2.45, 2.75) is 6.42 Å². The summed E-state index contributed by atoms with van der Waals surface area (Å²) in [4.78, 5) is 36.3. The number of amides is 2. The predicted octanol–water partition coefficient (Wildman–Crippen LogP) is 3.74. The summed E-state index contributed by atoms with van der Waals surface area (Å²) >= 11 is 0. The van der Waals surface area contributed by atoms with Gasteiger partial charge in [0.2, 0.25) is 17.6 Å². The van der Waals surface area contributed by atoms with Gasteiger partial charge in [0.1, 0.15) is 18.0 Å². The first-order valence-electron chi connectivity index (χ1n) is 10.6. The summed E-state index contributed by atoms with van der Waals surface area (Å²) in [5, 5.41) is 2.76. The number of hydrogen-bond acceptors (Lipinski definition) is 7. The smallest absolute Gasteiger partial charge is 0.244 e. The number of anilines is 2. The molecule has 0 fully saturated rings. The Hall–Kier alpha value is -4.47. The second-order valence-corrected chi connectivity index (χ2v) is 7.53. The molecule has 9 nitrogen and oxygen atoms in total. The van der Waals surface area contributed by atoms with Crippen LogP contribution in [0.3, 0.4) is 0 Å². The Morgan fingerprint density at radius 2 is 1.74 bits per heavy atom. The number of carbonyl (C=O) groups excluding carboxylic acids is 2. The van der Waals surface area contributed by atoms with E-state index in [4.69, 9.17) is 14.2 Å². The molecule has 1 aliphatic heterocycles. The van der Waals surface area contributed by atoms with Crippen molar-refractivity contribution < 1.29 is 28.2 Å². The lowest BCUT2D eigenvalue weighted by Crippen LogP contribution is -2.39. The van der Waals surface area contributed by atoms with Crippen molar-refractivity contribution in [1.82, 2.24) is 4.98 Å². The predicted molar refractivity (Wildman–Crippen MR) is 129 cm³/mol. The van der Waals surface area contributed by atoms with E-state index < -0.39 is 5.91 Å². The molecule has 180 valence electrons. The van der Waals surface area contributed by atoms with Crippen LogP contribution in [-0.4, -0.2) is 50.4 Å².